The lowest BCUT2D eigenvalue weighted by Gasteiger charge is -2.11. The molecule has 0 radical (unpaired) electrons. The second-order valence-corrected chi connectivity index (χ2v) is 7.83. The third-order valence-electron chi connectivity index (χ3n) is 5.12. The average molecular weight is 413 g/mol. The number of ether oxygens (including phenoxy) is 3. The second-order valence-electron chi connectivity index (χ2n) is 7.83. The van der Waals surface area contributed by atoms with Gasteiger partial charge in [-0.1, -0.05) is 59.3 Å². The van der Waals surface area contributed by atoms with E-state index in [1.807, 2.05) is 24.3 Å². The topological polar surface area (TPSA) is 44.8 Å². The van der Waals surface area contributed by atoms with E-state index >= 15 is 0 Å². The van der Waals surface area contributed by atoms with Gasteiger partial charge < -0.3 is 14.2 Å². The molecule has 2 aromatic rings. The lowest BCUT2D eigenvalue weighted by atomic mass is 10.1. The van der Waals surface area contributed by atoms with Crippen LogP contribution in [0.5, 0.6) is 17.2 Å². The Bertz CT molecular complexity index is 722. The highest BCUT2D eigenvalue weighted by atomic mass is 16.5. The van der Waals surface area contributed by atoms with Gasteiger partial charge in [-0.25, -0.2) is 4.79 Å². The van der Waals surface area contributed by atoms with Gasteiger partial charge in [0.15, 0.2) is 0 Å². The van der Waals surface area contributed by atoms with Gasteiger partial charge >= 0.3 is 5.97 Å². The molecule has 30 heavy (non-hydrogen) atoms. The summed E-state index contributed by atoms with van der Waals surface area (Å²) < 4.78 is 16.9. The predicted molar refractivity (Wildman–Crippen MR) is 122 cm³/mol. The fourth-order valence-corrected chi connectivity index (χ4v) is 2.89. The molecular weight excluding hydrogens is 376 g/mol. The highest BCUT2D eigenvalue weighted by molar-refractivity contribution is 5.91. The summed E-state index contributed by atoms with van der Waals surface area (Å²) in [6.45, 7) is 7.92. The quantitative estimate of drug-likeness (QED) is 0.189. The van der Waals surface area contributed by atoms with E-state index in [2.05, 4.69) is 20.8 Å². The largest absolute Gasteiger partial charge is 0.494 e. The molecule has 0 fully saturated rings. The third-order valence-corrected chi connectivity index (χ3v) is 5.12. The molecule has 1 atom stereocenters. The standard InChI is InChI=1S/C26H36O4/c1-4-6-7-8-9-10-19-28-23-13-11-22(12-14-23)26(27)30-25-17-15-24(16-18-25)29-20-21(3)5-2/h11-18,21H,4-10,19-20H2,1-3H3. The second kappa shape index (κ2) is 13.7. The van der Waals surface area contributed by atoms with Crippen LogP contribution in [0, 0.1) is 5.92 Å². The molecule has 0 heterocycles. The van der Waals surface area contributed by atoms with E-state index in [1.165, 1.54) is 32.1 Å². The zero-order valence-electron chi connectivity index (χ0n) is 18.7. The first-order valence-corrected chi connectivity index (χ1v) is 11.3. The Morgan fingerprint density at radius 1 is 0.767 bits per heavy atom. The van der Waals surface area contributed by atoms with Crippen LogP contribution in [-0.4, -0.2) is 19.2 Å². The van der Waals surface area contributed by atoms with Crippen molar-refractivity contribution in [2.24, 2.45) is 5.92 Å². The molecule has 0 aromatic heterocycles. The van der Waals surface area contributed by atoms with Crippen LogP contribution in [-0.2, 0) is 0 Å². The Morgan fingerprint density at radius 3 is 2.00 bits per heavy atom. The minimum Gasteiger partial charge on any atom is -0.494 e. The Hall–Kier alpha value is -2.49. The number of carbonyl (C=O) groups excluding carboxylic acids is 1. The minimum atomic E-state index is -0.384. The molecule has 0 bridgehead atoms. The lowest BCUT2D eigenvalue weighted by molar-refractivity contribution is 0.0734. The van der Waals surface area contributed by atoms with Gasteiger partial charge in [0.05, 0.1) is 18.8 Å². The van der Waals surface area contributed by atoms with Gasteiger partial charge in [-0.2, -0.15) is 0 Å². The van der Waals surface area contributed by atoms with Crippen molar-refractivity contribution in [3.63, 3.8) is 0 Å². The first kappa shape index (κ1) is 23.8. The van der Waals surface area contributed by atoms with Crippen LogP contribution >= 0.6 is 0 Å². The first-order chi connectivity index (χ1) is 14.6. The van der Waals surface area contributed by atoms with Crippen molar-refractivity contribution in [3.05, 3.63) is 54.1 Å². The molecule has 164 valence electrons. The number of carbonyl (C=O) groups is 1. The number of hydrogen-bond donors (Lipinski definition) is 0. The molecule has 4 nitrogen and oxygen atoms in total. The SMILES string of the molecule is CCCCCCCCOc1ccc(C(=O)Oc2ccc(OCC(C)CC)cc2)cc1. The maximum atomic E-state index is 12.4. The molecular formula is C26H36O4. The maximum Gasteiger partial charge on any atom is 0.343 e. The Labute approximate surface area is 181 Å². The summed E-state index contributed by atoms with van der Waals surface area (Å²) >= 11 is 0. The van der Waals surface area contributed by atoms with Crippen LogP contribution in [0.3, 0.4) is 0 Å². The summed E-state index contributed by atoms with van der Waals surface area (Å²) in [5.74, 6) is 2.19. The smallest absolute Gasteiger partial charge is 0.343 e. The molecule has 2 rings (SSSR count). The van der Waals surface area contributed by atoms with Crippen LogP contribution in [0.4, 0.5) is 0 Å². The Kier molecular flexibility index (Phi) is 10.8. The molecule has 0 saturated heterocycles. The molecule has 0 amide bonds. The third kappa shape index (κ3) is 8.89. The fraction of sp³-hybridized carbons (Fsp3) is 0.500. The number of unbranched alkanes of at least 4 members (excludes halogenated alkanes) is 5. The summed E-state index contributed by atoms with van der Waals surface area (Å²) in [6.07, 6.45) is 8.50. The molecule has 1 unspecified atom stereocenters. The molecule has 0 saturated carbocycles. The zero-order chi connectivity index (χ0) is 21.6. The molecule has 0 N–H and O–H groups in total. The van der Waals surface area contributed by atoms with Crippen molar-refractivity contribution >= 4 is 5.97 Å². The number of esters is 1. The van der Waals surface area contributed by atoms with Crippen LogP contribution in [0.25, 0.3) is 0 Å². The van der Waals surface area contributed by atoms with Crippen molar-refractivity contribution in [2.75, 3.05) is 13.2 Å². The van der Waals surface area contributed by atoms with E-state index in [1.54, 1.807) is 24.3 Å². The minimum absolute atomic E-state index is 0.384. The number of rotatable bonds is 14. The van der Waals surface area contributed by atoms with Crippen LogP contribution in [0.15, 0.2) is 48.5 Å². The van der Waals surface area contributed by atoms with E-state index in [-0.39, 0.29) is 5.97 Å². The molecule has 0 aliphatic heterocycles. The molecule has 4 heteroatoms. The summed E-state index contributed by atoms with van der Waals surface area (Å²) in [7, 11) is 0. The van der Waals surface area contributed by atoms with E-state index in [0.717, 1.165) is 24.3 Å². The summed E-state index contributed by atoms with van der Waals surface area (Å²) in [6, 6.07) is 14.3. The maximum absolute atomic E-state index is 12.4. The van der Waals surface area contributed by atoms with Gasteiger partial charge in [-0.05, 0) is 60.9 Å². The number of hydrogen-bond acceptors (Lipinski definition) is 4. The highest BCUT2D eigenvalue weighted by Gasteiger charge is 2.09. The normalized spacial score (nSPS) is 11.7. The Morgan fingerprint density at radius 2 is 1.33 bits per heavy atom. The fourth-order valence-electron chi connectivity index (χ4n) is 2.89. The van der Waals surface area contributed by atoms with Crippen LogP contribution in [0.2, 0.25) is 0 Å². The van der Waals surface area contributed by atoms with Crippen molar-refractivity contribution in [1.29, 1.82) is 0 Å². The number of benzene rings is 2. The van der Waals surface area contributed by atoms with Gasteiger partial charge in [-0.3, -0.25) is 0 Å². The monoisotopic (exact) mass is 412 g/mol. The van der Waals surface area contributed by atoms with Crippen LogP contribution in [0.1, 0.15) is 76.1 Å². The average Bonchev–Trinajstić information content (AvgIpc) is 2.78. The Balaban J connectivity index is 1.73. The first-order valence-electron chi connectivity index (χ1n) is 11.3. The van der Waals surface area contributed by atoms with Gasteiger partial charge in [-0.15, -0.1) is 0 Å². The summed E-state index contributed by atoms with van der Waals surface area (Å²) in [5, 5.41) is 0. The van der Waals surface area contributed by atoms with Gasteiger partial charge in [0.1, 0.15) is 17.2 Å². The van der Waals surface area contributed by atoms with Crippen molar-refractivity contribution in [3.8, 4) is 17.2 Å². The van der Waals surface area contributed by atoms with E-state index < -0.39 is 0 Å². The van der Waals surface area contributed by atoms with E-state index in [0.29, 0.717) is 30.4 Å². The van der Waals surface area contributed by atoms with E-state index in [4.69, 9.17) is 14.2 Å². The molecule has 0 aliphatic rings. The zero-order valence-corrected chi connectivity index (χ0v) is 18.7. The molecule has 0 spiro atoms. The van der Waals surface area contributed by atoms with Crippen molar-refractivity contribution < 1.29 is 19.0 Å². The summed E-state index contributed by atoms with van der Waals surface area (Å²) in [5.41, 5.74) is 0.499. The van der Waals surface area contributed by atoms with Crippen molar-refractivity contribution in [1.82, 2.24) is 0 Å². The van der Waals surface area contributed by atoms with Gasteiger partial charge in [0.25, 0.3) is 0 Å². The molecule has 0 aliphatic carbocycles. The van der Waals surface area contributed by atoms with Gasteiger partial charge in [0.2, 0.25) is 0 Å². The van der Waals surface area contributed by atoms with E-state index in [9.17, 15) is 4.79 Å². The van der Waals surface area contributed by atoms with Crippen molar-refractivity contribution in [2.45, 2.75) is 65.7 Å². The van der Waals surface area contributed by atoms with Crippen LogP contribution < -0.4 is 14.2 Å². The lowest BCUT2D eigenvalue weighted by Crippen LogP contribution is -2.09. The summed E-state index contributed by atoms with van der Waals surface area (Å²) in [4.78, 5) is 12.4. The highest BCUT2D eigenvalue weighted by Crippen LogP contribution is 2.20. The predicted octanol–water partition coefficient (Wildman–Crippen LogP) is 7.07. The molecule has 2 aromatic carbocycles. The van der Waals surface area contributed by atoms with Gasteiger partial charge in [0, 0.05) is 0 Å².